The van der Waals surface area contributed by atoms with Crippen LogP contribution in [0.25, 0.3) is 0 Å². The van der Waals surface area contributed by atoms with Gasteiger partial charge in [-0.15, -0.1) is 0 Å². The van der Waals surface area contributed by atoms with Gasteiger partial charge in [-0.05, 0) is 39.0 Å². The Morgan fingerprint density at radius 3 is 2.48 bits per heavy atom. The van der Waals surface area contributed by atoms with Crippen LogP contribution < -0.4 is 0 Å². The molecule has 0 aromatic rings. The van der Waals surface area contributed by atoms with Gasteiger partial charge in [0.25, 0.3) is 0 Å². The van der Waals surface area contributed by atoms with E-state index in [1.165, 1.54) is 12.8 Å². The lowest BCUT2D eigenvalue weighted by atomic mass is 9.89. The molecule has 0 radical (unpaired) electrons. The fourth-order valence-electron chi connectivity index (χ4n) is 4.15. The number of carbonyl (C=O) groups is 3. The van der Waals surface area contributed by atoms with Crippen LogP contribution in [-0.2, 0) is 23.9 Å². The van der Waals surface area contributed by atoms with Gasteiger partial charge < -0.3 is 9.47 Å². The van der Waals surface area contributed by atoms with Crippen molar-refractivity contribution in [2.24, 2.45) is 23.7 Å². The molecule has 0 aromatic carbocycles. The van der Waals surface area contributed by atoms with Crippen molar-refractivity contribution >= 4 is 17.7 Å². The van der Waals surface area contributed by atoms with Crippen molar-refractivity contribution in [3.63, 3.8) is 0 Å². The molecule has 0 heterocycles. The van der Waals surface area contributed by atoms with E-state index in [-0.39, 0.29) is 24.2 Å². The van der Waals surface area contributed by atoms with Gasteiger partial charge in [-0.1, -0.05) is 25.0 Å². The molecule has 0 aromatic heterocycles. The third-order valence-corrected chi connectivity index (χ3v) is 5.54. The van der Waals surface area contributed by atoms with E-state index in [1.54, 1.807) is 6.08 Å². The van der Waals surface area contributed by atoms with E-state index < -0.39 is 23.5 Å². The highest BCUT2D eigenvalue weighted by atomic mass is 16.6. The van der Waals surface area contributed by atoms with Crippen molar-refractivity contribution in [1.82, 2.24) is 0 Å². The maximum absolute atomic E-state index is 12.1. The van der Waals surface area contributed by atoms with E-state index in [0.29, 0.717) is 12.3 Å². The fourth-order valence-corrected chi connectivity index (χ4v) is 4.15. The summed E-state index contributed by atoms with van der Waals surface area (Å²) >= 11 is 0. The summed E-state index contributed by atoms with van der Waals surface area (Å²) in [6, 6.07) is 0. The number of allylic oxidation sites excluding steroid dienone is 2. The Kier molecular flexibility index (Phi) is 4.30. The summed E-state index contributed by atoms with van der Waals surface area (Å²) in [4.78, 5) is 35.9. The largest absolute Gasteiger partial charge is 0.457 e. The third kappa shape index (κ3) is 3.19. The quantitative estimate of drug-likeness (QED) is 0.575. The maximum atomic E-state index is 12.1. The van der Waals surface area contributed by atoms with Gasteiger partial charge in [0.1, 0.15) is 11.4 Å². The number of rotatable bonds is 5. The number of esters is 2. The highest BCUT2D eigenvalue weighted by Gasteiger charge is 2.47. The number of hydrogen-bond donors (Lipinski definition) is 0. The molecule has 2 fully saturated rings. The van der Waals surface area contributed by atoms with Gasteiger partial charge in [0.15, 0.2) is 6.61 Å². The van der Waals surface area contributed by atoms with E-state index in [4.69, 9.17) is 9.47 Å². The van der Waals surface area contributed by atoms with Crippen molar-refractivity contribution in [1.29, 1.82) is 0 Å². The summed E-state index contributed by atoms with van der Waals surface area (Å²) < 4.78 is 10.6. The van der Waals surface area contributed by atoms with E-state index in [2.05, 4.69) is 0 Å². The standard InChI is InChI=1S/C18H24O5/c1-18(2,12-5-3-4-6-12)23-15(19)10-22-17(21)14-9-11-7-8-13(14)16(11)20/h7-8,11-14H,3-6,9-10H2,1-2H3. The molecule has 0 N–H and O–H groups in total. The molecule has 3 unspecified atom stereocenters. The SMILES string of the molecule is CC(C)(OC(=O)COC(=O)C1CC2C=CC1C2=O)C1CCCC1. The predicted molar refractivity (Wildman–Crippen MR) is 82.3 cm³/mol. The van der Waals surface area contributed by atoms with Gasteiger partial charge in [0, 0.05) is 11.8 Å². The number of fused-ring (bicyclic) bond motifs is 2. The molecule has 3 aliphatic carbocycles. The molecule has 5 heteroatoms. The Balaban J connectivity index is 1.46. The van der Waals surface area contributed by atoms with Crippen LogP contribution in [0.1, 0.15) is 46.0 Å². The second kappa shape index (κ2) is 6.10. The van der Waals surface area contributed by atoms with Crippen LogP contribution in [0, 0.1) is 23.7 Å². The number of carbonyl (C=O) groups excluding carboxylic acids is 3. The zero-order valence-corrected chi connectivity index (χ0v) is 13.7. The summed E-state index contributed by atoms with van der Waals surface area (Å²) in [5, 5.41) is 0. The Morgan fingerprint density at radius 1 is 1.22 bits per heavy atom. The van der Waals surface area contributed by atoms with Crippen LogP contribution in [0.15, 0.2) is 12.2 Å². The Morgan fingerprint density at radius 2 is 1.91 bits per heavy atom. The maximum Gasteiger partial charge on any atom is 0.344 e. The van der Waals surface area contributed by atoms with Crippen LogP contribution in [0.5, 0.6) is 0 Å². The van der Waals surface area contributed by atoms with Crippen molar-refractivity contribution in [3.05, 3.63) is 12.2 Å². The topological polar surface area (TPSA) is 69.7 Å². The average Bonchev–Trinajstić information content (AvgIpc) is 3.22. The molecule has 23 heavy (non-hydrogen) atoms. The van der Waals surface area contributed by atoms with Gasteiger partial charge in [-0.25, -0.2) is 4.79 Å². The monoisotopic (exact) mass is 320 g/mol. The van der Waals surface area contributed by atoms with Gasteiger partial charge in [-0.3, -0.25) is 9.59 Å². The van der Waals surface area contributed by atoms with Gasteiger partial charge >= 0.3 is 11.9 Å². The molecule has 0 aliphatic heterocycles. The zero-order chi connectivity index (χ0) is 16.6. The van der Waals surface area contributed by atoms with E-state index in [9.17, 15) is 14.4 Å². The Bertz CT molecular complexity index is 542. The molecule has 126 valence electrons. The number of hydrogen-bond acceptors (Lipinski definition) is 5. The normalized spacial score (nSPS) is 30.0. The highest BCUT2D eigenvalue weighted by Crippen LogP contribution is 2.41. The van der Waals surface area contributed by atoms with Gasteiger partial charge in [0.05, 0.1) is 5.92 Å². The van der Waals surface area contributed by atoms with Crippen LogP contribution in [0.2, 0.25) is 0 Å². The molecule has 3 rings (SSSR count). The van der Waals surface area contributed by atoms with E-state index in [0.717, 1.165) is 12.8 Å². The minimum absolute atomic E-state index is 0.0943. The van der Waals surface area contributed by atoms with Crippen LogP contribution in [0.3, 0.4) is 0 Å². The summed E-state index contributed by atoms with van der Waals surface area (Å²) in [6.45, 7) is 3.46. The summed E-state index contributed by atoms with van der Waals surface area (Å²) in [6.07, 6.45) is 8.62. The molecular formula is C18H24O5. The smallest absolute Gasteiger partial charge is 0.344 e. The molecule has 0 saturated heterocycles. The molecule has 0 spiro atoms. The van der Waals surface area contributed by atoms with Crippen molar-refractivity contribution in [2.75, 3.05) is 6.61 Å². The Labute approximate surface area is 136 Å². The van der Waals surface area contributed by atoms with Crippen molar-refractivity contribution < 1.29 is 23.9 Å². The van der Waals surface area contributed by atoms with Gasteiger partial charge in [-0.2, -0.15) is 0 Å². The molecular weight excluding hydrogens is 296 g/mol. The van der Waals surface area contributed by atoms with Crippen molar-refractivity contribution in [3.8, 4) is 0 Å². The minimum atomic E-state index is -0.523. The first-order valence-corrected chi connectivity index (χ1v) is 8.49. The number of ketones is 1. The minimum Gasteiger partial charge on any atom is -0.457 e. The first kappa shape index (κ1) is 16.2. The lowest BCUT2D eigenvalue weighted by molar-refractivity contribution is -0.173. The average molecular weight is 320 g/mol. The molecule has 3 atom stereocenters. The molecule has 2 bridgehead atoms. The van der Waals surface area contributed by atoms with Crippen LogP contribution in [0.4, 0.5) is 0 Å². The first-order chi connectivity index (χ1) is 10.9. The zero-order valence-electron chi connectivity index (χ0n) is 13.7. The Hall–Kier alpha value is -1.65. The summed E-state index contributed by atoms with van der Waals surface area (Å²) in [5.74, 6) is -1.46. The molecule has 0 amide bonds. The summed E-state index contributed by atoms with van der Waals surface area (Å²) in [7, 11) is 0. The number of ether oxygens (including phenoxy) is 2. The molecule has 3 aliphatic rings. The molecule has 2 saturated carbocycles. The van der Waals surface area contributed by atoms with E-state index >= 15 is 0 Å². The third-order valence-electron chi connectivity index (χ3n) is 5.54. The predicted octanol–water partition coefficient (Wildman–Crippen LogP) is 2.43. The lowest BCUT2D eigenvalue weighted by Gasteiger charge is -2.31. The van der Waals surface area contributed by atoms with Crippen molar-refractivity contribution in [2.45, 2.75) is 51.6 Å². The first-order valence-electron chi connectivity index (χ1n) is 8.49. The number of Topliss-reactive ketones (excluding diaryl/α,β-unsaturated/α-hetero) is 1. The molecule has 5 nitrogen and oxygen atoms in total. The van der Waals surface area contributed by atoms with Gasteiger partial charge in [0.2, 0.25) is 0 Å². The van der Waals surface area contributed by atoms with Crippen LogP contribution >= 0.6 is 0 Å². The fraction of sp³-hybridized carbons (Fsp3) is 0.722. The second-order valence-electron chi connectivity index (χ2n) is 7.43. The van der Waals surface area contributed by atoms with E-state index in [1.807, 2.05) is 19.9 Å². The highest BCUT2D eigenvalue weighted by molar-refractivity contribution is 5.97. The summed E-state index contributed by atoms with van der Waals surface area (Å²) in [5.41, 5.74) is -0.523. The second-order valence-corrected chi connectivity index (χ2v) is 7.43. The lowest BCUT2D eigenvalue weighted by Crippen LogP contribution is -2.37. The van der Waals surface area contributed by atoms with Crippen LogP contribution in [-0.4, -0.2) is 29.9 Å².